The van der Waals surface area contributed by atoms with Crippen molar-refractivity contribution in [1.82, 2.24) is 0 Å². The fraction of sp³-hybridized carbons (Fsp3) is 0.429. The largest absolute Gasteiger partial charge is 0.481 e. The molecule has 0 aromatic heterocycles. The number of aliphatic carboxylic acids is 1. The van der Waals surface area contributed by atoms with E-state index in [9.17, 15) is 9.59 Å². The van der Waals surface area contributed by atoms with E-state index in [2.05, 4.69) is 0 Å². The fourth-order valence-electron chi connectivity index (χ4n) is 1.97. The van der Waals surface area contributed by atoms with Crippen LogP contribution in [-0.4, -0.2) is 17.0 Å². The minimum atomic E-state index is -0.788. The number of carbonyl (C=O) groups is 2. The molecule has 1 rings (SSSR count). The number of carboxylic acid groups (broad SMARTS) is 1. The summed E-state index contributed by atoms with van der Waals surface area (Å²) in [6.45, 7) is 0. The van der Waals surface area contributed by atoms with Gasteiger partial charge in [0.1, 0.15) is 0 Å². The summed E-state index contributed by atoms with van der Waals surface area (Å²) >= 11 is 5.80. The highest BCUT2D eigenvalue weighted by molar-refractivity contribution is 6.30. The molecule has 0 saturated carbocycles. The number of carboxylic acids is 1. The van der Waals surface area contributed by atoms with Crippen molar-refractivity contribution in [2.45, 2.75) is 38.0 Å². The van der Waals surface area contributed by atoms with E-state index >= 15 is 0 Å². The number of rotatable bonds is 8. The highest BCUT2D eigenvalue weighted by atomic mass is 35.5. The van der Waals surface area contributed by atoms with E-state index < -0.39 is 5.97 Å². The zero-order valence-corrected chi connectivity index (χ0v) is 11.4. The second-order valence-electron chi connectivity index (χ2n) is 4.50. The van der Waals surface area contributed by atoms with Crippen LogP contribution in [0.25, 0.3) is 0 Å². The van der Waals surface area contributed by atoms with Gasteiger partial charge in [-0.2, -0.15) is 0 Å². The van der Waals surface area contributed by atoms with Gasteiger partial charge in [0.2, 0.25) is 5.91 Å². The van der Waals surface area contributed by atoms with Gasteiger partial charge in [-0.3, -0.25) is 9.59 Å². The smallest absolute Gasteiger partial charge is 0.303 e. The van der Waals surface area contributed by atoms with Gasteiger partial charge in [-0.15, -0.1) is 0 Å². The lowest BCUT2D eigenvalue weighted by molar-refractivity contribution is -0.137. The topological polar surface area (TPSA) is 80.4 Å². The van der Waals surface area contributed by atoms with Crippen LogP contribution in [0.2, 0.25) is 5.02 Å². The van der Waals surface area contributed by atoms with Crippen LogP contribution in [0, 0.1) is 0 Å². The Balaban J connectivity index is 2.47. The highest BCUT2D eigenvalue weighted by Crippen LogP contribution is 2.24. The van der Waals surface area contributed by atoms with Crippen LogP contribution < -0.4 is 5.73 Å². The van der Waals surface area contributed by atoms with Crippen molar-refractivity contribution in [2.75, 3.05) is 0 Å². The second kappa shape index (κ2) is 7.79. The summed E-state index contributed by atoms with van der Waals surface area (Å²) in [5.41, 5.74) is 6.26. The molecule has 104 valence electrons. The number of nitrogens with two attached hydrogens (primary N) is 1. The first-order chi connectivity index (χ1) is 9.00. The number of amides is 1. The van der Waals surface area contributed by atoms with Gasteiger partial charge in [0.05, 0.1) is 5.92 Å². The molecule has 0 heterocycles. The number of carbonyl (C=O) groups excluding carboxylic acids is 1. The lowest BCUT2D eigenvalue weighted by atomic mass is 9.92. The third-order valence-electron chi connectivity index (χ3n) is 3.00. The monoisotopic (exact) mass is 283 g/mol. The van der Waals surface area contributed by atoms with Crippen molar-refractivity contribution in [3.05, 3.63) is 34.9 Å². The van der Waals surface area contributed by atoms with Crippen LogP contribution in [-0.2, 0) is 9.59 Å². The van der Waals surface area contributed by atoms with Crippen molar-refractivity contribution in [3.8, 4) is 0 Å². The van der Waals surface area contributed by atoms with Crippen molar-refractivity contribution in [1.29, 1.82) is 0 Å². The minimum Gasteiger partial charge on any atom is -0.481 e. The van der Waals surface area contributed by atoms with Crippen LogP contribution in [0.1, 0.15) is 43.6 Å². The van der Waals surface area contributed by atoms with Crippen molar-refractivity contribution in [2.24, 2.45) is 5.73 Å². The van der Waals surface area contributed by atoms with Crippen molar-refractivity contribution in [3.63, 3.8) is 0 Å². The van der Waals surface area contributed by atoms with Gasteiger partial charge in [-0.05, 0) is 30.5 Å². The molecular weight excluding hydrogens is 266 g/mol. The van der Waals surface area contributed by atoms with E-state index in [0.717, 1.165) is 18.4 Å². The highest BCUT2D eigenvalue weighted by Gasteiger charge is 2.17. The summed E-state index contributed by atoms with van der Waals surface area (Å²) in [6.07, 6.45) is 2.99. The molecule has 0 spiro atoms. The summed E-state index contributed by atoms with van der Waals surface area (Å²) in [7, 11) is 0. The summed E-state index contributed by atoms with van der Waals surface area (Å²) in [6, 6.07) is 7.07. The zero-order chi connectivity index (χ0) is 14.3. The number of benzene rings is 1. The summed E-state index contributed by atoms with van der Waals surface area (Å²) in [4.78, 5) is 21.8. The first kappa shape index (κ1) is 15.5. The molecule has 1 aromatic carbocycles. The zero-order valence-electron chi connectivity index (χ0n) is 10.6. The standard InChI is InChI=1S/C14H18ClNO3/c15-11-8-6-10(7-9-11)12(14(16)19)4-2-1-3-5-13(17)18/h6-9,12H,1-5H2,(H2,16,19)(H,17,18). The predicted octanol–water partition coefficient (Wildman–Crippen LogP) is 2.94. The van der Waals surface area contributed by atoms with Gasteiger partial charge in [0.15, 0.2) is 0 Å². The van der Waals surface area contributed by atoms with Crippen LogP contribution in [0.15, 0.2) is 24.3 Å². The van der Waals surface area contributed by atoms with Crippen LogP contribution in [0.3, 0.4) is 0 Å². The number of halogens is 1. The Bertz CT molecular complexity index is 431. The molecule has 0 radical (unpaired) electrons. The molecule has 0 saturated heterocycles. The van der Waals surface area contributed by atoms with E-state index in [1.807, 2.05) is 0 Å². The number of hydrogen-bond donors (Lipinski definition) is 2. The Morgan fingerprint density at radius 2 is 1.79 bits per heavy atom. The van der Waals surface area contributed by atoms with Gasteiger partial charge >= 0.3 is 5.97 Å². The molecule has 0 aliphatic rings. The summed E-state index contributed by atoms with van der Waals surface area (Å²) < 4.78 is 0. The Morgan fingerprint density at radius 3 is 2.32 bits per heavy atom. The van der Waals surface area contributed by atoms with Gasteiger partial charge < -0.3 is 10.8 Å². The van der Waals surface area contributed by atoms with E-state index in [0.29, 0.717) is 17.9 Å². The maximum absolute atomic E-state index is 11.5. The minimum absolute atomic E-state index is 0.169. The molecule has 1 unspecified atom stereocenters. The molecule has 0 bridgehead atoms. The molecule has 1 atom stereocenters. The third-order valence-corrected chi connectivity index (χ3v) is 3.25. The fourth-order valence-corrected chi connectivity index (χ4v) is 2.10. The average Bonchev–Trinajstić information content (AvgIpc) is 2.34. The van der Waals surface area contributed by atoms with Crippen LogP contribution >= 0.6 is 11.6 Å². The second-order valence-corrected chi connectivity index (χ2v) is 4.94. The molecule has 0 aliphatic carbocycles. The van der Waals surface area contributed by atoms with Gasteiger partial charge in [0, 0.05) is 11.4 Å². The van der Waals surface area contributed by atoms with Crippen molar-refractivity contribution < 1.29 is 14.7 Å². The quantitative estimate of drug-likeness (QED) is 0.720. The molecule has 0 aliphatic heterocycles. The molecular formula is C14H18ClNO3. The van der Waals surface area contributed by atoms with Gasteiger partial charge in [0.25, 0.3) is 0 Å². The third kappa shape index (κ3) is 5.75. The number of hydrogen-bond acceptors (Lipinski definition) is 2. The first-order valence-electron chi connectivity index (χ1n) is 6.27. The average molecular weight is 284 g/mol. The van der Waals surface area contributed by atoms with E-state index in [1.165, 1.54) is 0 Å². The normalized spacial score (nSPS) is 12.1. The number of unbranched alkanes of at least 4 members (excludes halogenated alkanes) is 2. The molecule has 1 aromatic rings. The van der Waals surface area contributed by atoms with Crippen LogP contribution in [0.4, 0.5) is 0 Å². The Kier molecular flexibility index (Phi) is 6.36. The van der Waals surface area contributed by atoms with E-state index in [1.54, 1.807) is 24.3 Å². The Hall–Kier alpha value is -1.55. The Labute approximate surface area is 117 Å². The molecule has 1 amide bonds. The molecule has 0 fully saturated rings. The van der Waals surface area contributed by atoms with Gasteiger partial charge in [-0.25, -0.2) is 0 Å². The van der Waals surface area contributed by atoms with E-state index in [-0.39, 0.29) is 18.2 Å². The molecule has 4 nitrogen and oxygen atoms in total. The van der Waals surface area contributed by atoms with Gasteiger partial charge in [-0.1, -0.05) is 36.6 Å². The predicted molar refractivity (Wildman–Crippen MR) is 74.1 cm³/mol. The maximum atomic E-state index is 11.5. The lowest BCUT2D eigenvalue weighted by Crippen LogP contribution is -2.21. The lowest BCUT2D eigenvalue weighted by Gasteiger charge is -2.13. The summed E-state index contributed by atoms with van der Waals surface area (Å²) in [5.74, 6) is -1.48. The first-order valence-corrected chi connectivity index (χ1v) is 6.65. The molecule has 3 N–H and O–H groups in total. The molecule has 19 heavy (non-hydrogen) atoms. The van der Waals surface area contributed by atoms with E-state index in [4.69, 9.17) is 22.4 Å². The Morgan fingerprint density at radius 1 is 1.16 bits per heavy atom. The SMILES string of the molecule is NC(=O)C(CCCCCC(=O)O)c1ccc(Cl)cc1. The molecule has 5 heteroatoms. The van der Waals surface area contributed by atoms with Crippen molar-refractivity contribution >= 4 is 23.5 Å². The maximum Gasteiger partial charge on any atom is 0.303 e. The number of primary amides is 1. The summed E-state index contributed by atoms with van der Waals surface area (Å²) in [5, 5.41) is 9.15. The van der Waals surface area contributed by atoms with Crippen LogP contribution in [0.5, 0.6) is 0 Å².